The average Bonchev–Trinajstić information content (AvgIpc) is 3.14. The van der Waals surface area contributed by atoms with Crippen molar-refractivity contribution in [2.24, 2.45) is 11.8 Å². The molecule has 0 bridgehead atoms. The summed E-state index contributed by atoms with van der Waals surface area (Å²) in [4.78, 5) is 52.3. The Kier molecular flexibility index (Phi) is 6.23. The van der Waals surface area contributed by atoms with Gasteiger partial charge in [-0.15, -0.1) is 0 Å². The highest BCUT2D eigenvalue weighted by Crippen LogP contribution is 2.32. The first-order valence-electron chi connectivity index (χ1n) is 11.3. The molecule has 1 unspecified atom stereocenters. The summed E-state index contributed by atoms with van der Waals surface area (Å²) in [6.07, 6.45) is 6.35. The molecule has 2 aliphatic heterocycles. The number of rotatable bonds is 5. The SMILES string of the molecule is CC1CCC(CN2Cc3cc(C=O)c(C(=O)N(C)C4CCC(=O)NC4=O)cc3C2)CC1. The van der Waals surface area contributed by atoms with Crippen LogP contribution in [0, 0.1) is 11.8 Å². The molecule has 2 heterocycles. The lowest BCUT2D eigenvalue weighted by Crippen LogP contribution is -2.53. The highest BCUT2D eigenvalue weighted by Gasteiger charge is 2.34. The minimum atomic E-state index is -0.705. The van der Waals surface area contributed by atoms with Crippen molar-refractivity contribution in [1.82, 2.24) is 15.1 Å². The maximum atomic E-state index is 13.2. The number of aldehydes is 1. The van der Waals surface area contributed by atoms with Crippen LogP contribution in [-0.2, 0) is 22.7 Å². The van der Waals surface area contributed by atoms with Gasteiger partial charge < -0.3 is 4.90 Å². The van der Waals surface area contributed by atoms with Crippen LogP contribution in [0.3, 0.4) is 0 Å². The molecule has 2 fully saturated rings. The van der Waals surface area contributed by atoms with E-state index in [2.05, 4.69) is 17.1 Å². The number of carbonyl (C=O) groups is 4. The van der Waals surface area contributed by atoms with Gasteiger partial charge in [0.25, 0.3) is 5.91 Å². The van der Waals surface area contributed by atoms with E-state index in [0.29, 0.717) is 17.5 Å². The zero-order valence-corrected chi connectivity index (χ0v) is 18.4. The highest BCUT2D eigenvalue weighted by molar-refractivity contribution is 6.06. The lowest BCUT2D eigenvalue weighted by molar-refractivity contribution is -0.136. The van der Waals surface area contributed by atoms with Crippen LogP contribution in [0.2, 0.25) is 0 Å². The number of benzene rings is 1. The van der Waals surface area contributed by atoms with E-state index >= 15 is 0 Å². The quantitative estimate of drug-likeness (QED) is 0.579. The molecule has 4 rings (SSSR count). The molecule has 1 saturated heterocycles. The van der Waals surface area contributed by atoms with Crippen LogP contribution in [0.4, 0.5) is 0 Å². The number of fused-ring (bicyclic) bond motifs is 1. The Hall–Kier alpha value is -2.54. The summed E-state index contributed by atoms with van der Waals surface area (Å²) in [7, 11) is 1.56. The Bertz CT molecular complexity index is 904. The monoisotopic (exact) mass is 425 g/mol. The number of nitrogens with one attached hydrogen (secondary N) is 1. The Morgan fingerprint density at radius 1 is 1.13 bits per heavy atom. The molecule has 1 aromatic rings. The van der Waals surface area contributed by atoms with E-state index in [1.165, 1.54) is 30.6 Å². The van der Waals surface area contributed by atoms with Crippen LogP contribution >= 0.6 is 0 Å². The predicted octanol–water partition coefficient (Wildman–Crippen LogP) is 2.52. The fourth-order valence-electron chi connectivity index (χ4n) is 5.21. The number of hydrogen-bond acceptors (Lipinski definition) is 5. The van der Waals surface area contributed by atoms with Crippen LogP contribution < -0.4 is 5.32 Å². The first-order chi connectivity index (χ1) is 14.9. The van der Waals surface area contributed by atoms with Crippen molar-refractivity contribution in [3.05, 3.63) is 34.4 Å². The molecule has 1 saturated carbocycles. The Morgan fingerprint density at radius 2 is 1.81 bits per heavy atom. The summed E-state index contributed by atoms with van der Waals surface area (Å²) in [5.74, 6) is 0.404. The summed E-state index contributed by atoms with van der Waals surface area (Å²) in [5, 5.41) is 2.29. The van der Waals surface area contributed by atoms with Crippen molar-refractivity contribution in [3.63, 3.8) is 0 Å². The first-order valence-corrected chi connectivity index (χ1v) is 11.3. The summed E-state index contributed by atoms with van der Waals surface area (Å²) in [6, 6.07) is 2.95. The van der Waals surface area contributed by atoms with Crippen molar-refractivity contribution in [1.29, 1.82) is 0 Å². The lowest BCUT2D eigenvalue weighted by atomic mass is 9.83. The normalized spacial score (nSPS) is 26.3. The van der Waals surface area contributed by atoms with Gasteiger partial charge in [0.15, 0.2) is 6.29 Å². The molecule has 1 aliphatic carbocycles. The third kappa shape index (κ3) is 4.56. The molecule has 31 heavy (non-hydrogen) atoms. The summed E-state index contributed by atoms with van der Waals surface area (Å²) in [6.45, 7) is 4.97. The molecule has 3 amide bonds. The first kappa shape index (κ1) is 21.7. The van der Waals surface area contributed by atoms with Gasteiger partial charge in [-0.2, -0.15) is 0 Å². The number of carbonyl (C=O) groups excluding carboxylic acids is 4. The smallest absolute Gasteiger partial charge is 0.255 e. The van der Waals surface area contributed by atoms with Crippen LogP contribution in [0.15, 0.2) is 12.1 Å². The van der Waals surface area contributed by atoms with E-state index in [1.807, 2.05) is 12.1 Å². The van der Waals surface area contributed by atoms with Crippen molar-refractivity contribution in [2.75, 3.05) is 13.6 Å². The summed E-state index contributed by atoms with van der Waals surface area (Å²) >= 11 is 0. The minimum Gasteiger partial charge on any atom is -0.330 e. The standard InChI is InChI=1S/C24H31N3O4/c1-15-3-5-16(6-4-15)11-27-12-17-9-19(14-28)20(10-18(17)13-27)24(31)26(2)21-7-8-22(29)25-23(21)30/h9-10,14-16,21H,3-8,11-13H2,1-2H3,(H,25,29,30). The van der Waals surface area contributed by atoms with Crippen molar-refractivity contribution in [2.45, 2.75) is 64.6 Å². The van der Waals surface area contributed by atoms with Gasteiger partial charge in [0.05, 0.1) is 5.56 Å². The molecule has 1 N–H and O–H groups in total. The maximum Gasteiger partial charge on any atom is 0.255 e. The molecule has 0 aromatic heterocycles. The van der Waals surface area contributed by atoms with Gasteiger partial charge in [0, 0.05) is 38.7 Å². The molecule has 1 atom stereocenters. The topological polar surface area (TPSA) is 86.8 Å². The second kappa shape index (κ2) is 8.91. The highest BCUT2D eigenvalue weighted by atomic mass is 16.2. The van der Waals surface area contributed by atoms with E-state index in [0.717, 1.165) is 48.9 Å². The number of amides is 3. The van der Waals surface area contributed by atoms with E-state index in [-0.39, 0.29) is 18.2 Å². The van der Waals surface area contributed by atoms with Gasteiger partial charge in [0.2, 0.25) is 11.8 Å². The Balaban J connectivity index is 1.48. The molecular formula is C24H31N3O4. The van der Waals surface area contributed by atoms with Gasteiger partial charge in [0.1, 0.15) is 6.04 Å². The second-order valence-electron chi connectivity index (χ2n) is 9.50. The van der Waals surface area contributed by atoms with Crippen molar-refractivity contribution < 1.29 is 19.2 Å². The number of piperidine rings is 1. The Morgan fingerprint density at radius 3 is 2.45 bits per heavy atom. The summed E-state index contributed by atoms with van der Waals surface area (Å²) < 4.78 is 0. The van der Waals surface area contributed by atoms with Gasteiger partial charge >= 0.3 is 0 Å². The third-order valence-electron chi connectivity index (χ3n) is 7.17. The second-order valence-corrected chi connectivity index (χ2v) is 9.50. The minimum absolute atomic E-state index is 0.202. The zero-order valence-electron chi connectivity index (χ0n) is 18.4. The number of nitrogens with zero attached hydrogens (tertiary/aromatic N) is 2. The number of imide groups is 1. The van der Waals surface area contributed by atoms with Crippen LogP contribution in [0.5, 0.6) is 0 Å². The van der Waals surface area contributed by atoms with Crippen LogP contribution in [-0.4, -0.2) is 53.4 Å². The predicted molar refractivity (Wildman–Crippen MR) is 115 cm³/mol. The van der Waals surface area contributed by atoms with E-state index in [4.69, 9.17) is 0 Å². The molecule has 166 valence electrons. The molecule has 7 nitrogen and oxygen atoms in total. The van der Waals surface area contributed by atoms with Gasteiger partial charge in [-0.1, -0.05) is 19.8 Å². The van der Waals surface area contributed by atoms with Crippen molar-refractivity contribution >= 4 is 24.0 Å². The van der Waals surface area contributed by atoms with E-state index in [9.17, 15) is 19.2 Å². The zero-order chi connectivity index (χ0) is 22.1. The number of hydrogen-bond donors (Lipinski definition) is 1. The average molecular weight is 426 g/mol. The van der Waals surface area contributed by atoms with Gasteiger partial charge in [-0.3, -0.25) is 29.4 Å². The molecule has 1 aromatic carbocycles. The van der Waals surface area contributed by atoms with Crippen LogP contribution in [0.25, 0.3) is 0 Å². The van der Waals surface area contributed by atoms with E-state index < -0.39 is 11.9 Å². The molecule has 0 radical (unpaired) electrons. The molecule has 0 spiro atoms. The Labute approximate surface area is 183 Å². The summed E-state index contributed by atoms with van der Waals surface area (Å²) in [5.41, 5.74) is 2.87. The van der Waals surface area contributed by atoms with Gasteiger partial charge in [-0.05, 0) is 54.4 Å². The molecule has 7 heteroatoms. The van der Waals surface area contributed by atoms with Gasteiger partial charge in [-0.25, -0.2) is 0 Å². The fraction of sp³-hybridized carbons (Fsp3) is 0.583. The molecular weight excluding hydrogens is 394 g/mol. The number of likely N-dealkylation sites (N-methyl/N-ethyl adjacent to an activating group) is 1. The lowest BCUT2D eigenvalue weighted by Gasteiger charge is -2.30. The van der Waals surface area contributed by atoms with Crippen LogP contribution in [0.1, 0.15) is 77.3 Å². The van der Waals surface area contributed by atoms with Crippen molar-refractivity contribution in [3.8, 4) is 0 Å². The van der Waals surface area contributed by atoms with E-state index in [1.54, 1.807) is 7.05 Å². The largest absolute Gasteiger partial charge is 0.330 e. The maximum absolute atomic E-state index is 13.2. The molecule has 3 aliphatic rings. The fourth-order valence-corrected chi connectivity index (χ4v) is 5.21. The third-order valence-corrected chi connectivity index (χ3v) is 7.17.